The number of nitro groups is 1. The molecule has 0 aromatic heterocycles. The first-order valence-corrected chi connectivity index (χ1v) is 7.10. The molecule has 20 heavy (non-hydrogen) atoms. The van der Waals surface area contributed by atoms with Crippen LogP contribution in [-0.4, -0.2) is 10.8 Å². The summed E-state index contributed by atoms with van der Waals surface area (Å²) in [6.07, 6.45) is 4.45. The number of nitro benzene ring substituents is 1. The van der Waals surface area contributed by atoms with E-state index in [1.807, 2.05) is 0 Å². The number of benzene rings is 1. The van der Waals surface area contributed by atoms with Crippen LogP contribution >= 0.6 is 0 Å². The Morgan fingerprint density at radius 3 is 2.75 bits per heavy atom. The molecule has 1 N–H and O–H groups in total. The second kappa shape index (κ2) is 4.89. The first kappa shape index (κ1) is 13.1. The van der Waals surface area contributed by atoms with Crippen molar-refractivity contribution in [3.63, 3.8) is 0 Å². The Kier molecular flexibility index (Phi) is 3.20. The van der Waals surface area contributed by atoms with Gasteiger partial charge in [0, 0.05) is 12.0 Å². The van der Waals surface area contributed by atoms with Gasteiger partial charge in [-0.05, 0) is 49.7 Å². The second-order valence-electron chi connectivity index (χ2n) is 6.05. The lowest BCUT2D eigenvalue weighted by molar-refractivity contribution is -0.384. The van der Waals surface area contributed by atoms with Crippen molar-refractivity contribution in [1.29, 1.82) is 0 Å². The first-order chi connectivity index (χ1) is 9.54. The molecule has 2 aliphatic carbocycles. The van der Waals surface area contributed by atoms with E-state index in [0.29, 0.717) is 17.5 Å². The van der Waals surface area contributed by atoms with Gasteiger partial charge in [-0.25, -0.2) is 0 Å². The summed E-state index contributed by atoms with van der Waals surface area (Å²) in [5, 5.41) is 13.8. The van der Waals surface area contributed by atoms with Crippen molar-refractivity contribution in [3.05, 3.63) is 33.9 Å². The molecule has 0 radical (unpaired) electrons. The Balaban J connectivity index is 1.78. The number of aryl methyl sites for hydroxylation is 1. The van der Waals surface area contributed by atoms with E-state index >= 15 is 0 Å². The average molecular weight is 274 g/mol. The molecule has 1 aromatic carbocycles. The summed E-state index contributed by atoms with van der Waals surface area (Å²) in [5.74, 6) is 1.15. The fourth-order valence-corrected chi connectivity index (χ4v) is 3.69. The van der Waals surface area contributed by atoms with Gasteiger partial charge in [0.05, 0.1) is 4.92 Å². The molecule has 2 aliphatic rings. The quantitative estimate of drug-likeness (QED) is 0.679. The second-order valence-corrected chi connectivity index (χ2v) is 6.05. The summed E-state index contributed by atoms with van der Waals surface area (Å²) in [5.41, 5.74) is 1.10. The van der Waals surface area contributed by atoms with E-state index in [0.717, 1.165) is 24.8 Å². The highest BCUT2D eigenvalue weighted by molar-refractivity contribution is 5.95. The standard InChI is InChI=1S/C15H18N2O3/c1-9-2-5-13(14(6-9)17(19)20)16-15(18)12-8-10-3-4-11(12)7-10/h2,5-6,10-12H,3-4,7-8H2,1H3,(H,16,18). The van der Waals surface area contributed by atoms with Gasteiger partial charge in [0.1, 0.15) is 5.69 Å². The molecule has 2 fully saturated rings. The van der Waals surface area contributed by atoms with Crippen molar-refractivity contribution < 1.29 is 9.72 Å². The summed E-state index contributed by atoms with van der Waals surface area (Å²) >= 11 is 0. The highest BCUT2D eigenvalue weighted by atomic mass is 16.6. The summed E-state index contributed by atoms with van der Waals surface area (Å²) in [4.78, 5) is 22.9. The topological polar surface area (TPSA) is 72.2 Å². The zero-order valence-corrected chi connectivity index (χ0v) is 11.5. The van der Waals surface area contributed by atoms with Crippen LogP contribution in [0, 0.1) is 34.8 Å². The summed E-state index contributed by atoms with van der Waals surface area (Å²) in [7, 11) is 0. The van der Waals surface area contributed by atoms with E-state index in [1.54, 1.807) is 19.1 Å². The van der Waals surface area contributed by atoms with Gasteiger partial charge in [-0.15, -0.1) is 0 Å². The van der Waals surface area contributed by atoms with Crippen LogP contribution in [0.4, 0.5) is 11.4 Å². The normalized spacial score (nSPS) is 27.6. The Morgan fingerprint density at radius 1 is 1.35 bits per heavy atom. The third-order valence-corrected chi connectivity index (χ3v) is 4.68. The predicted octanol–water partition coefficient (Wildman–Crippen LogP) is 3.28. The Bertz CT molecular complexity index is 570. The number of rotatable bonds is 3. The molecule has 5 heteroatoms. The molecule has 1 aromatic rings. The highest BCUT2D eigenvalue weighted by Crippen LogP contribution is 2.48. The number of carbonyl (C=O) groups excluding carboxylic acids is 1. The van der Waals surface area contributed by atoms with Gasteiger partial charge < -0.3 is 5.32 Å². The smallest absolute Gasteiger partial charge is 0.293 e. The molecule has 0 saturated heterocycles. The molecule has 1 amide bonds. The molecular weight excluding hydrogens is 256 g/mol. The van der Waals surface area contributed by atoms with E-state index in [4.69, 9.17) is 0 Å². The van der Waals surface area contributed by atoms with Crippen LogP contribution in [0.5, 0.6) is 0 Å². The number of nitrogens with one attached hydrogen (secondary N) is 1. The van der Waals surface area contributed by atoms with Crippen molar-refractivity contribution in [2.24, 2.45) is 17.8 Å². The fraction of sp³-hybridized carbons (Fsp3) is 0.533. The fourth-order valence-electron chi connectivity index (χ4n) is 3.69. The van der Waals surface area contributed by atoms with E-state index in [9.17, 15) is 14.9 Å². The van der Waals surface area contributed by atoms with Crippen molar-refractivity contribution in [2.45, 2.75) is 32.6 Å². The van der Waals surface area contributed by atoms with Crippen LogP contribution < -0.4 is 5.32 Å². The maximum Gasteiger partial charge on any atom is 0.293 e. The molecule has 2 bridgehead atoms. The number of amides is 1. The minimum absolute atomic E-state index is 0.0264. The maximum atomic E-state index is 12.3. The molecule has 5 nitrogen and oxygen atoms in total. The number of carbonyl (C=O) groups is 1. The lowest BCUT2D eigenvalue weighted by atomic mass is 9.88. The molecule has 0 aliphatic heterocycles. The van der Waals surface area contributed by atoms with Crippen molar-refractivity contribution in [1.82, 2.24) is 0 Å². The maximum absolute atomic E-state index is 12.3. The molecule has 3 unspecified atom stereocenters. The molecule has 0 heterocycles. The van der Waals surface area contributed by atoms with E-state index < -0.39 is 4.92 Å². The van der Waals surface area contributed by atoms with E-state index in [-0.39, 0.29) is 17.5 Å². The van der Waals surface area contributed by atoms with E-state index in [1.165, 1.54) is 12.5 Å². The molecule has 0 spiro atoms. The number of hydrogen-bond donors (Lipinski definition) is 1. The van der Waals surface area contributed by atoms with E-state index in [2.05, 4.69) is 5.32 Å². The third kappa shape index (κ3) is 2.28. The number of anilines is 1. The van der Waals surface area contributed by atoms with Crippen LogP contribution in [0.3, 0.4) is 0 Å². The molecule has 3 rings (SSSR count). The van der Waals surface area contributed by atoms with Gasteiger partial charge in [0.2, 0.25) is 5.91 Å². The van der Waals surface area contributed by atoms with Gasteiger partial charge in [-0.1, -0.05) is 12.5 Å². The van der Waals surface area contributed by atoms with Crippen LogP contribution in [0.25, 0.3) is 0 Å². The van der Waals surface area contributed by atoms with Gasteiger partial charge >= 0.3 is 0 Å². The zero-order valence-electron chi connectivity index (χ0n) is 11.5. The predicted molar refractivity (Wildman–Crippen MR) is 75.4 cm³/mol. The molecular formula is C15H18N2O3. The van der Waals surface area contributed by atoms with Crippen LogP contribution in [0.1, 0.15) is 31.2 Å². The first-order valence-electron chi connectivity index (χ1n) is 7.10. The number of nitrogens with zero attached hydrogens (tertiary/aromatic N) is 1. The largest absolute Gasteiger partial charge is 0.320 e. The molecule has 2 saturated carbocycles. The van der Waals surface area contributed by atoms with Crippen molar-refractivity contribution in [3.8, 4) is 0 Å². The zero-order chi connectivity index (χ0) is 14.3. The Labute approximate surface area is 117 Å². The van der Waals surface area contributed by atoms with Crippen LogP contribution in [0.15, 0.2) is 18.2 Å². The minimum atomic E-state index is -0.441. The number of fused-ring (bicyclic) bond motifs is 2. The van der Waals surface area contributed by atoms with Gasteiger partial charge in [0.15, 0.2) is 0 Å². The van der Waals surface area contributed by atoms with Crippen molar-refractivity contribution in [2.75, 3.05) is 5.32 Å². The lowest BCUT2D eigenvalue weighted by Crippen LogP contribution is -2.27. The lowest BCUT2D eigenvalue weighted by Gasteiger charge is -2.20. The molecule has 106 valence electrons. The van der Waals surface area contributed by atoms with Gasteiger partial charge in [-0.2, -0.15) is 0 Å². The Morgan fingerprint density at radius 2 is 2.15 bits per heavy atom. The summed E-state index contributed by atoms with van der Waals surface area (Å²) < 4.78 is 0. The minimum Gasteiger partial charge on any atom is -0.320 e. The highest BCUT2D eigenvalue weighted by Gasteiger charge is 2.43. The van der Waals surface area contributed by atoms with Gasteiger partial charge in [-0.3, -0.25) is 14.9 Å². The van der Waals surface area contributed by atoms with Crippen molar-refractivity contribution >= 4 is 17.3 Å². The van der Waals surface area contributed by atoms with Crippen LogP contribution in [-0.2, 0) is 4.79 Å². The third-order valence-electron chi connectivity index (χ3n) is 4.68. The van der Waals surface area contributed by atoms with Crippen LogP contribution in [0.2, 0.25) is 0 Å². The molecule has 3 atom stereocenters. The SMILES string of the molecule is Cc1ccc(NC(=O)C2CC3CCC2C3)c([N+](=O)[O-])c1. The summed E-state index contributed by atoms with van der Waals surface area (Å²) in [6, 6.07) is 4.90. The number of hydrogen-bond acceptors (Lipinski definition) is 3. The monoisotopic (exact) mass is 274 g/mol. The average Bonchev–Trinajstić information content (AvgIpc) is 3.03. The summed E-state index contributed by atoms with van der Waals surface area (Å²) in [6.45, 7) is 1.80. The van der Waals surface area contributed by atoms with Gasteiger partial charge in [0.25, 0.3) is 5.69 Å². The Hall–Kier alpha value is -1.91.